The van der Waals surface area contributed by atoms with Crippen molar-refractivity contribution >= 4 is 42.6 Å². The standard InChI is InChI=1S/C20H21FN4O3S2/c1-12-9-13(2)18-16(10-12)29-20(23-18)24-19(26)14-5-7-25(8-6-14)30(27,28)17-4-3-15(21)11-22-17/h3-4,9-11,14H,5-8H2,1-2H3,(H,23,24,26). The number of thiazole rings is 1. The number of rotatable bonds is 4. The highest BCUT2D eigenvalue weighted by Gasteiger charge is 2.33. The maximum atomic E-state index is 13.0. The molecular formula is C20H21FN4O3S2. The SMILES string of the molecule is Cc1cc(C)c2nc(NC(=O)C3CCN(S(=O)(=O)c4ccc(F)cn4)CC3)sc2c1. The normalized spacial score (nSPS) is 16.1. The summed E-state index contributed by atoms with van der Waals surface area (Å²) in [6.07, 6.45) is 1.68. The van der Waals surface area contributed by atoms with Crippen molar-refractivity contribution in [2.24, 2.45) is 5.92 Å². The molecule has 0 saturated carbocycles. The molecule has 30 heavy (non-hydrogen) atoms. The van der Waals surface area contributed by atoms with Gasteiger partial charge in [-0.25, -0.2) is 22.8 Å². The Morgan fingerprint density at radius 3 is 2.63 bits per heavy atom. The second kappa shape index (κ2) is 8.01. The summed E-state index contributed by atoms with van der Waals surface area (Å²) in [6, 6.07) is 6.32. The molecule has 0 unspecified atom stereocenters. The fraction of sp³-hybridized carbons (Fsp3) is 0.350. The first-order chi connectivity index (χ1) is 14.2. The average Bonchev–Trinajstić information content (AvgIpc) is 3.11. The van der Waals surface area contributed by atoms with Crippen LogP contribution in [0.5, 0.6) is 0 Å². The number of carbonyl (C=O) groups excluding carboxylic acids is 1. The van der Waals surface area contributed by atoms with E-state index in [1.54, 1.807) is 0 Å². The number of halogens is 1. The van der Waals surface area contributed by atoms with Crippen molar-refractivity contribution in [1.82, 2.24) is 14.3 Å². The Balaban J connectivity index is 1.41. The summed E-state index contributed by atoms with van der Waals surface area (Å²) in [5.41, 5.74) is 3.09. The van der Waals surface area contributed by atoms with Gasteiger partial charge < -0.3 is 5.32 Å². The van der Waals surface area contributed by atoms with Gasteiger partial charge in [-0.2, -0.15) is 4.31 Å². The quantitative estimate of drug-likeness (QED) is 0.660. The van der Waals surface area contributed by atoms with Crippen molar-refractivity contribution < 1.29 is 17.6 Å². The molecule has 1 saturated heterocycles. The third-order valence-corrected chi connectivity index (χ3v) is 7.92. The van der Waals surface area contributed by atoms with Gasteiger partial charge in [0.15, 0.2) is 10.2 Å². The van der Waals surface area contributed by atoms with E-state index in [1.807, 2.05) is 19.9 Å². The number of benzene rings is 1. The smallest absolute Gasteiger partial charge is 0.260 e. The number of fused-ring (bicyclic) bond motifs is 1. The number of nitrogens with zero attached hydrogens (tertiary/aromatic N) is 3. The Bertz CT molecular complexity index is 1200. The fourth-order valence-electron chi connectivity index (χ4n) is 3.64. The van der Waals surface area contributed by atoms with Gasteiger partial charge in [0.05, 0.1) is 16.4 Å². The Hall–Kier alpha value is -2.43. The number of nitrogens with one attached hydrogen (secondary N) is 1. The minimum absolute atomic E-state index is 0.152. The lowest BCUT2D eigenvalue weighted by Crippen LogP contribution is -2.41. The average molecular weight is 449 g/mol. The number of sulfonamides is 1. The topological polar surface area (TPSA) is 92.3 Å². The van der Waals surface area contributed by atoms with Crippen LogP contribution in [0.1, 0.15) is 24.0 Å². The van der Waals surface area contributed by atoms with Crippen LogP contribution in [0.2, 0.25) is 0 Å². The van der Waals surface area contributed by atoms with Gasteiger partial charge in [-0.1, -0.05) is 17.4 Å². The van der Waals surface area contributed by atoms with Crippen molar-refractivity contribution in [2.45, 2.75) is 31.7 Å². The summed E-state index contributed by atoms with van der Waals surface area (Å²) in [5, 5.41) is 3.25. The van der Waals surface area contributed by atoms with Crippen LogP contribution in [-0.4, -0.2) is 41.7 Å². The van der Waals surface area contributed by atoms with E-state index in [0.29, 0.717) is 18.0 Å². The van der Waals surface area contributed by atoms with Crippen LogP contribution >= 0.6 is 11.3 Å². The molecule has 3 aromatic rings. The van der Waals surface area contributed by atoms with Crippen molar-refractivity contribution in [2.75, 3.05) is 18.4 Å². The summed E-state index contributed by atoms with van der Waals surface area (Å²) in [4.78, 5) is 20.9. The van der Waals surface area contributed by atoms with Crippen molar-refractivity contribution in [3.63, 3.8) is 0 Å². The van der Waals surface area contributed by atoms with Crippen LogP contribution in [0.4, 0.5) is 9.52 Å². The van der Waals surface area contributed by atoms with E-state index >= 15 is 0 Å². The maximum Gasteiger partial charge on any atom is 0.260 e. The molecule has 7 nitrogen and oxygen atoms in total. The number of aryl methyl sites for hydroxylation is 2. The number of piperidine rings is 1. The predicted molar refractivity (Wildman–Crippen MR) is 113 cm³/mol. The molecule has 0 spiro atoms. The van der Waals surface area contributed by atoms with Crippen LogP contribution in [0.25, 0.3) is 10.2 Å². The Kier molecular flexibility index (Phi) is 5.56. The Morgan fingerprint density at radius 1 is 1.23 bits per heavy atom. The number of amides is 1. The zero-order valence-electron chi connectivity index (χ0n) is 16.6. The second-order valence-electron chi connectivity index (χ2n) is 7.43. The molecule has 0 radical (unpaired) electrons. The molecule has 3 heterocycles. The number of aromatic nitrogens is 2. The first-order valence-electron chi connectivity index (χ1n) is 9.54. The summed E-state index contributed by atoms with van der Waals surface area (Å²) < 4.78 is 40.7. The van der Waals surface area contributed by atoms with Crippen molar-refractivity contribution in [1.29, 1.82) is 0 Å². The third-order valence-electron chi connectivity index (χ3n) is 5.19. The van der Waals surface area contributed by atoms with E-state index in [2.05, 4.69) is 21.4 Å². The number of pyridine rings is 1. The molecule has 1 fully saturated rings. The summed E-state index contributed by atoms with van der Waals surface area (Å²) in [6.45, 7) is 4.43. The van der Waals surface area contributed by atoms with Gasteiger partial charge in [0.25, 0.3) is 10.0 Å². The first-order valence-corrected chi connectivity index (χ1v) is 11.8. The van der Waals surface area contributed by atoms with E-state index in [1.165, 1.54) is 15.6 Å². The van der Waals surface area contributed by atoms with E-state index in [4.69, 9.17) is 0 Å². The molecule has 0 bridgehead atoms. The summed E-state index contributed by atoms with van der Waals surface area (Å²) in [5.74, 6) is -1.04. The molecule has 4 rings (SSSR count). The molecule has 1 aromatic carbocycles. The van der Waals surface area contributed by atoms with Gasteiger partial charge >= 0.3 is 0 Å². The Morgan fingerprint density at radius 2 is 1.97 bits per heavy atom. The monoisotopic (exact) mass is 448 g/mol. The highest BCUT2D eigenvalue weighted by atomic mass is 32.2. The van der Waals surface area contributed by atoms with E-state index < -0.39 is 15.8 Å². The molecule has 1 aliphatic heterocycles. The number of anilines is 1. The largest absolute Gasteiger partial charge is 0.302 e. The van der Waals surface area contributed by atoms with Gasteiger partial charge in [0.1, 0.15) is 5.82 Å². The lowest BCUT2D eigenvalue weighted by Gasteiger charge is -2.30. The first kappa shape index (κ1) is 20.8. The minimum atomic E-state index is -3.80. The summed E-state index contributed by atoms with van der Waals surface area (Å²) >= 11 is 1.43. The third kappa shape index (κ3) is 4.07. The minimum Gasteiger partial charge on any atom is -0.302 e. The van der Waals surface area contributed by atoms with E-state index in [0.717, 1.165) is 39.7 Å². The molecule has 0 atom stereocenters. The van der Waals surface area contributed by atoms with Crippen LogP contribution < -0.4 is 5.32 Å². The molecule has 0 aliphatic carbocycles. The van der Waals surface area contributed by atoms with Gasteiger partial charge in [0, 0.05) is 19.0 Å². The van der Waals surface area contributed by atoms with Gasteiger partial charge in [0.2, 0.25) is 5.91 Å². The van der Waals surface area contributed by atoms with Crippen LogP contribution in [0, 0.1) is 25.6 Å². The molecule has 1 amide bonds. The van der Waals surface area contributed by atoms with E-state index in [-0.39, 0.29) is 29.9 Å². The Labute approximate surface area is 178 Å². The van der Waals surface area contributed by atoms with Crippen LogP contribution in [-0.2, 0) is 14.8 Å². The van der Waals surface area contributed by atoms with Crippen LogP contribution in [0.3, 0.4) is 0 Å². The molecule has 1 N–H and O–H groups in total. The van der Waals surface area contributed by atoms with E-state index in [9.17, 15) is 17.6 Å². The fourth-order valence-corrected chi connectivity index (χ4v) is 6.06. The molecular weight excluding hydrogens is 427 g/mol. The lowest BCUT2D eigenvalue weighted by atomic mass is 9.97. The molecule has 158 valence electrons. The number of hydrogen-bond donors (Lipinski definition) is 1. The van der Waals surface area contributed by atoms with Crippen LogP contribution in [0.15, 0.2) is 35.5 Å². The lowest BCUT2D eigenvalue weighted by molar-refractivity contribution is -0.120. The molecule has 1 aliphatic rings. The van der Waals surface area contributed by atoms with Crippen molar-refractivity contribution in [3.05, 3.63) is 47.4 Å². The number of hydrogen-bond acceptors (Lipinski definition) is 6. The summed E-state index contributed by atoms with van der Waals surface area (Å²) in [7, 11) is -3.80. The molecule has 2 aromatic heterocycles. The highest BCUT2D eigenvalue weighted by molar-refractivity contribution is 7.89. The predicted octanol–water partition coefficient (Wildman–Crippen LogP) is 3.49. The maximum absolute atomic E-state index is 13.0. The number of carbonyl (C=O) groups is 1. The van der Waals surface area contributed by atoms with Gasteiger partial charge in [-0.3, -0.25) is 4.79 Å². The second-order valence-corrected chi connectivity index (χ2v) is 10.3. The van der Waals surface area contributed by atoms with Crippen molar-refractivity contribution in [3.8, 4) is 0 Å². The zero-order valence-corrected chi connectivity index (χ0v) is 18.2. The highest BCUT2D eigenvalue weighted by Crippen LogP contribution is 2.30. The molecule has 10 heteroatoms. The zero-order chi connectivity index (χ0) is 21.5. The van der Waals surface area contributed by atoms with Gasteiger partial charge in [-0.05, 0) is 56.0 Å². The van der Waals surface area contributed by atoms with Gasteiger partial charge in [-0.15, -0.1) is 0 Å².